The zero-order chi connectivity index (χ0) is 11.4. The van der Waals surface area contributed by atoms with Crippen molar-refractivity contribution < 1.29 is 4.74 Å². The molecule has 0 spiro atoms. The maximum absolute atomic E-state index is 5.69. The van der Waals surface area contributed by atoms with Gasteiger partial charge >= 0.3 is 0 Å². The number of aromatic nitrogens is 1. The Morgan fingerprint density at radius 1 is 1.19 bits per heavy atom. The quantitative estimate of drug-likeness (QED) is 0.853. The van der Waals surface area contributed by atoms with Crippen LogP contribution in [0.3, 0.4) is 0 Å². The van der Waals surface area contributed by atoms with Crippen molar-refractivity contribution in [1.29, 1.82) is 0 Å². The normalized spacial score (nSPS) is 10.1. The zero-order valence-corrected chi connectivity index (χ0v) is 10.6. The summed E-state index contributed by atoms with van der Waals surface area (Å²) in [5.74, 6) is 0.840. The third kappa shape index (κ3) is 2.61. The molecule has 0 N–H and O–H groups in total. The third-order valence-electron chi connectivity index (χ3n) is 2.32. The molecule has 0 saturated carbocycles. The van der Waals surface area contributed by atoms with E-state index < -0.39 is 0 Å². The highest BCUT2D eigenvalue weighted by Gasteiger charge is 2.02. The smallest absolute Gasteiger partial charge is 0.134 e. The van der Waals surface area contributed by atoms with Crippen LogP contribution >= 0.6 is 15.9 Å². The molecular weight excluding hydrogens is 266 g/mol. The van der Waals surface area contributed by atoms with E-state index in [0.29, 0.717) is 6.61 Å². The van der Waals surface area contributed by atoms with Crippen molar-refractivity contribution in [3.8, 4) is 5.75 Å². The molecule has 82 valence electrons. The lowest BCUT2D eigenvalue weighted by molar-refractivity contribution is 0.298. The minimum Gasteiger partial charge on any atom is -0.486 e. The van der Waals surface area contributed by atoms with Gasteiger partial charge in [-0.3, -0.25) is 4.98 Å². The molecule has 2 nitrogen and oxygen atoms in total. The van der Waals surface area contributed by atoms with Crippen molar-refractivity contribution in [2.45, 2.75) is 13.5 Å². The summed E-state index contributed by atoms with van der Waals surface area (Å²) < 4.78 is 6.66. The van der Waals surface area contributed by atoms with Crippen LogP contribution in [0.15, 0.2) is 47.1 Å². The Kier molecular flexibility index (Phi) is 3.57. The number of nitrogens with zero attached hydrogens (tertiary/aromatic N) is 1. The van der Waals surface area contributed by atoms with Gasteiger partial charge in [-0.25, -0.2) is 0 Å². The lowest BCUT2D eigenvalue weighted by atomic mass is 10.2. The van der Waals surface area contributed by atoms with Gasteiger partial charge in [-0.1, -0.05) is 18.2 Å². The summed E-state index contributed by atoms with van der Waals surface area (Å²) in [4.78, 5) is 4.28. The Hall–Kier alpha value is -1.35. The van der Waals surface area contributed by atoms with Crippen LogP contribution in [0.1, 0.15) is 11.3 Å². The van der Waals surface area contributed by atoms with E-state index >= 15 is 0 Å². The number of pyridine rings is 1. The molecule has 0 saturated heterocycles. The first kappa shape index (κ1) is 11.1. The number of benzene rings is 1. The largest absolute Gasteiger partial charge is 0.486 e. The molecule has 0 bridgehead atoms. The Morgan fingerprint density at radius 2 is 2.00 bits per heavy atom. The molecule has 16 heavy (non-hydrogen) atoms. The minimum absolute atomic E-state index is 0.495. The summed E-state index contributed by atoms with van der Waals surface area (Å²) >= 11 is 3.44. The van der Waals surface area contributed by atoms with E-state index in [1.54, 1.807) is 6.20 Å². The van der Waals surface area contributed by atoms with Gasteiger partial charge in [-0.15, -0.1) is 0 Å². The maximum atomic E-state index is 5.69. The van der Waals surface area contributed by atoms with Gasteiger partial charge in [0.15, 0.2) is 0 Å². The summed E-state index contributed by atoms with van der Waals surface area (Å²) in [5.41, 5.74) is 2.12. The van der Waals surface area contributed by atoms with Gasteiger partial charge in [0.1, 0.15) is 12.4 Å². The Morgan fingerprint density at radius 3 is 2.75 bits per heavy atom. The average Bonchev–Trinajstić information content (AvgIpc) is 2.30. The molecule has 2 rings (SSSR count). The van der Waals surface area contributed by atoms with Crippen LogP contribution in [0.2, 0.25) is 0 Å². The molecule has 0 aliphatic rings. The Bertz CT molecular complexity index is 439. The van der Waals surface area contributed by atoms with Crippen molar-refractivity contribution in [2.75, 3.05) is 0 Å². The SMILES string of the molecule is Cc1cccnc1COc1ccccc1Br. The first-order chi connectivity index (χ1) is 7.77. The standard InChI is InChI=1S/C13H12BrNO/c1-10-5-4-8-15-12(10)9-16-13-7-3-2-6-11(13)14/h2-8H,9H2,1H3. The molecule has 0 amide bonds. The first-order valence-electron chi connectivity index (χ1n) is 5.05. The molecule has 0 fully saturated rings. The van der Waals surface area contributed by atoms with Crippen LogP contribution in [0, 0.1) is 6.92 Å². The molecule has 2 aromatic rings. The number of para-hydroxylation sites is 1. The van der Waals surface area contributed by atoms with Gasteiger partial charge in [-0.05, 0) is 46.6 Å². The van der Waals surface area contributed by atoms with Gasteiger partial charge in [0, 0.05) is 6.20 Å². The van der Waals surface area contributed by atoms with Crippen molar-refractivity contribution in [3.05, 3.63) is 58.3 Å². The maximum Gasteiger partial charge on any atom is 0.134 e. The predicted molar refractivity (Wildman–Crippen MR) is 67.4 cm³/mol. The number of ether oxygens (including phenoxy) is 1. The van der Waals surface area contributed by atoms with Crippen LogP contribution < -0.4 is 4.74 Å². The second-order valence-electron chi connectivity index (χ2n) is 3.49. The van der Waals surface area contributed by atoms with Gasteiger partial charge < -0.3 is 4.74 Å². The van der Waals surface area contributed by atoms with Gasteiger partial charge in [-0.2, -0.15) is 0 Å². The monoisotopic (exact) mass is 277 g/mol. The molecule has 0 radical (unpaired) electrons. The predicted octanol–water partition coefficient (Wildman–Crippen LogP) is 3.73. The van der Waals surface area contributed by atoms with E-state index in [9.17, 15) is 0 Å². The molecule has 1 heterocycles. The summed E-state index contributed by atoms with van der Waals surface area (Å²) in [5, 5.41) is 0. The molecule has 0 unspecified atom stereocenters. The third-order valence-corrected chi connectivity index (χ3v) is 2.97. The fraction of sp³-hybridized carbons (Fsp3) is 0.154. The van der Waals surface area contributed by atoms with Gasteiger partial charge in [0.05, 0.1) is 10.2 Å². The fourth-order valence-electron chi connectivity index (χ4n) is 1.38. The van der Waals surface area contributed by atoms with Crippen LogP contribution in [-0.4, -0.2) is 4.98 Å². The highest BCUT2D eigenvalue weighted by molar-refractivity contribution is 9.10. The summed E-state index contributed by atoms with van der Waals surface area (Å²) in [6.07, 6.45) is 1.78. The molecular formula is C13H12BrNO. The van der Waals surface area contributed by atoms with Crippen molar-refractivity contribution in [2.24, 2.45) is 0 Å². The minimum atomic E-state index is 0.495. The molecule has 1 aromatic carbocycles. The Balaban J connectivity index is 2.09. The van der Waals surface area contributed by atoms with Crippen molar-refractivity contribution >= 4 is 15.9 Å². The Labute approximate surface area is 103 Å². The number of halogens is 1. The van der Waals surface area contributed by atoms with Gasteiger partial charge in [0.2, 0.25) is 0 Å². The number of aryl methyl sites for hydroxylation is 1. The molecule has 0 aliphatic carbocycles. The van der Waals surface area contributed by atoms with E-state index in [0.717, 1.165) is 21.5 Å². The van der Waals surface area contributed by atoms with Gasteiger partial charge in [0.25, 0.3) is 0 Å². The summed E-state index contributed by atoms with van der Waals surface area (Å²) in [6, 6.07) is 11.8. The molecule has 3 heteroatoms. The summed E-state index contributed by atoms with van der Waals surface area (Å²) in [7, 11) is 0. The first-order valence-corrected chi connectivity index (χ1v) is 5.84. The van der Waals surface area contributed by atoms with Crippen LogP contribution in [0.25, 0.3) is 0 Å². The number of rotatable bonds is 3. The van der Waals surface area contributed by atoms with E-state index in [1.165, 1.54) is 0 Å². The molecule has 1 aromatic heterocycles. The van der Waals surface area contributed by atoms with Crippen molar-refractivity contribution in [1.82, 2.24) is 4.98 Å². The van der Waals surface area contributed by atoms with Crippen LogP contribution in [0.4, 0.5) is 0 Å². The average molecular weight is 278 g/mol. The number of hydrogen-bond donors (Lipinski definition) is 0. The van der Waals surface area contributed by atoms with E-state index in [2.05, 4.69) is 20.9 Å². The van der Waals surface area contributed by atoms with E-state index in [1.807, 2.05) is 43.3 Å². The second-order valence-corrected chi connectivity index (χ2v) is 4.34. The fourth-order valence-corrected chi connectivity index (χ4v) is 1.78. The lowest BCUT2D eigenvalue weighted by Crippen LogP contribution is -2.00. The van der Waals surface area contributed by atoms with Crippen LogP contribution in [-0.2, 0) is 6.61 Å². The van der Waals surface area contributed by atoms with Crippen molar-refractivity contribution in [3.63, 3.8) is 0 Å². The zero-order valence-electron chi connectivity index (χ0n) is 8.98. The van der Waals surface area contributed by atoms with E-state index in [4.69, 9.17) is 4.74 Å². The van der Waals surface area contributed by atoms with Crippen LogP contribution in [0.5, 0.6) is 5.75 Å². The lowest BCUT2D eigenvalue weighted by Gasteiger charge is -2.08. The summed E-state index contributed by atoms with van der Waals surface area (Å²) in [6.45, 7) is 2.53. The number of hydrogen-bond acceptors (Lipinski definition) is 2. The topological polar surface area (TPSA) is 22.1 Å². The highest BCUT2D eigenvalue weighted by Crippen LogP contribution is 2.24. The highest BCUT2D eigenvalue weighted by atomic mass is 79.9. The molecule has 0 atom stereocenters. The second kappa shape index (κ2) is 5.12. The molecule has 0 aliphatic heterocycles. The van der Waals surface area contributed by atoms with E-state index in [-0.39, 0.29) is 0 Å².